The molecule has 1 N–H and O–H groups in total. The summed E-state index contributed by atoms with van der Waals surface area (Å²) in [5.74, 6) is -1.93. The number of carbonyl (C=O) groups excluding carboxylic acids is 3. The molecule has 21 heavy (non-hydrogen) atoms. The van der Waals surface area contributed by atoms with Gasteiger partial charge in [-0.05, 0) is 12.8 Å². The minimum atomic E-state index is -1.17. The lowest BCUT2D eigenvalue weighted by molar-refractivity contribution is -0.160. The van der Waals surface area contributed by atoms with Crippen LogP contribution in [0.2, 0.25) is 0 Å². The molecule has 1 amide bonds. The van der Waals surface area contributed by atoms with Crippen molar-refractivity contribution < 1.29 is 24.3 Å². The number of aliphatic carboxylic acids is 1. The molecule has 0 aromatic carbocycles. The molecular formula is C14H19NO5S. The number of piperidine rings is 1. The summed E-state index contributed by atoms with van der Waals surface area (Å²) >= 11 is 4.06. The summed E-state index contributed by atoms with van der Waals surface area (Å²) in [5.41, 5.74) is -1.17. The van der Waals surface area contributed by atoms with Crippen LogP contribution in [-0.4, -0.2) is 51.8 Å². The minimum absolute atomic E-state index is 0.0986. The molecule has 7 heteroatoms. The third kappa shape index (κ3) is 2.59. The number of hydrogen-bond donors (Lipinski definition) is 2. The van der Waals surface area contributed by atoms with Gasteiger partial charge in [0.25, 0.3) is 0 Å². The minimum Gasteiger partial charge on any atom is -0.480 e. The van der Waals surface area contributed by atoms with E-state index in [4.69, 9.17) is 0 Å². The molecule has 2 aliphatic rings. The van der Waals surface area contributed by atoms with Crippen molar-refractivity contribution in [3.8, 4) is 0 Å². The number of thiol groups is 1. The highest BCUT2D eigenvalue weighted by molar-refractivity contribution is 7.80. The van der Waals surface area contributed by atoms with Gasteiger partial charge in [-0.15, -0.1) is 0 Å². The van der Waals surface area contributed by atoms with Crippen LogP contribution in [0, 0.1) is 11.3 Å². The Labute approximate surface area is 128 Å². The second-order valence-electron chi connectivity index (χ2n) is 5.87. The molecule has 1 saturated heterocycles. The lowest BCUT2D eigenvalue weighted by atomic mass is 9.74. The van der Waals surface area contributed by atoms with Crippen molar-refractivity contribution in [1.29, 1.82) is 0 Å². The molecule has 0 aromatic rings. The monoisotopic (exact) mass is 313 g/mol. The molecule has 6 nitrogen and oxygen atoms in total. The number of carboxylic acids is 1. The Kier molecular flexibility index (Phi) is 4.41. The molecule has 2 unspecified atom stereocenters. The zero-order chi connectivity index (χ0) is 15.8. The lowest BCUT2D eigenvalue weighted by Crippen LogP contribution is -2.58. The number of nitrogens with zero attached hydrogens (tertiary/aromatic N) is 1. The standard InChI is InChI=1S/C14H19NO5S/c1-8(6-21)12(18)15-7-14(5-4-9(15)13(19)20)10(16)2-3-11(14)17/h8-9,21H,2-7H2,1H3,(H,19,20). The predicted molar refractivity (Wildman–Crippen MR) is 77.1 cm³/mol. The number of carbonyl (C=O) groups is 4. The summed E-state index contributed by atoms with van der Waals surface area (Å²) in [4.78, 5) is 49.2. The maximum absolute atomic E-state index is 12.4. The molecule has 2 atom stereocenters. The second-order valence-corrected chi connectivity index (χ2v) is 6.24. The Morgan fingerprint density at radius 1 is 1.38 bits per heavy atom. The molecule has 1 spiro atoms. The van der Waals surface area contributed by atoms with Crippen LogP contribution in [0.4, 0.5) is 0 Å². The number of likely N-dealkylation sites (tertiary alicyclic amines) is 1. The van der Waals surface area contributed by atoms with Gasteiger partial charge in [0.1, 0.15) is 23.0 Å². The number of rotatable bonds is 3. The summed E-state index contributed by atoms with van der Waals surface area (Å²) < 4.78 is 0. The van der Waals surface area contributed by atoms with Gasteiger partial charge in [0.2, 0.25) is 5.91 Å². The highest BCUT2D eigenvalue weighted by Crippen LogP contribution is 2.41. The summed E-state index contributed by atoms with van der Waals surface area (Å²) in [7, 11) is 0. The van der Waals surface area contributed by atoms with Gasteiger partial charge in [-0.3, -0.25) is 14.4 Å². The van der Waals surface area contributed by atoms with Crippen LogP contribution >= 0.6 is 12.6 Å². The van der Waals surface area contributed by atoms with Gasteiger partial charge in [-0.1, -0.05) is 6.92 Å². The first-order valence-corrected chi connectivity index (χ1v) is 7.67. The number of amides is 1. The maximum Gasteiger partial charge on any atom is 0.326 e. The van der Waals surface area contributed by atoms with Crippen molar-refractivity contribution in [3.63, 3.8) is 0 Å². The van der Waals surface area contributed by atoms with Crippen molar-refractivity contribution in [2.24, 2.45) is 11.3 Å². The SMILES string of the molecule is CC(CS)C(=O)N1CC2(CCC1C(=O)O)C(=O)CCC2=O. The van der Waals surface area contributed by atoms with E-state index in [0.717, 1.165) is 0 Å². The van der Waals surface area contributed by atoms with Crippen molar-refractivity contribution in [1.82, 2.24) is 4.90 Å². The van der Waals surface area contributed by atoms with Crippen LogP contribution in [0.3, 0.4) is 0 Å². The van der Waals surface area contributed by atoms with E-state index in [0.29, 0.717) is 0 Å². The summed E-state index contributed by atoms with van der Waals surface area (Å²) in [5, 5.41) is 9.29. The van der Waals surface area contributed by atoms with Crippen molar-refractivity contribution in [2.75, 3.05) is 12.3 Å². The van der Waals surface area contributed by atoms with Crippen LogP contribution in [0.15, 0.2) is 0 Å². The van der Waals surface area contributed by atoms with Gasteiger partial charge in [-0.2, -0.15) is 12.6 Å². The smallest absolute Gasteiger partial charge is 0.326 e. The molecule has 116 valence electrons. The third-order valence-electron chi connectivity index (χ3n) is 4.57. The lowest BCUT2D eigenvalue weighted by Gasteiger charge is -2.42. The molecule has 1 heterocycles. The van der Waals surface area contributed by atoms with Crippen molar-refractivity contribution >= 4 is 36.1 Å². The van der Waals surface area contributed by atoms with E-state index in [1.807, 2.05) is 0 Å². The van der Waals surface area contributed by atoms with Crippen LogP contribution in [0.5, 0.6) is 0 Å². The highest BCUT2D eigenvalue weighted by Gasteiger charge is 2.55. The van der Waals surface area contributed by atoms with Gasteiger partial charge in [0, 0.05) is 31.1 Å². The zero-order valence-corrected chi connectivity index (χ0v) is 12.8. The normalized spacial score (nSPS) is 26.2. The van der Waals surface area contributed by atoms with Crippen molar-refractivity contribution in [3.05, 3.63) is 0 Å². The van der Waals surface area contributed by atoms with Gasteiger partial charge in [0.15, 0.2) is 0 Å². The molecule has 0 radical (unpaired) electrons. The zero-order valence-electron chi connectivity index (χ0n) is 11.9. The number of carboxylic acid groups (broad SMARTS) is 1. The van der Waals surface area contributed by atoms with E-state index in [-0.39, 0.29) is 55.5 Å². The Balaban J connectivity index is 2.32. The van der Waals surface area contributed by atoms with Crippen LogP contribution < -0.4 is 0 Å². The number of Topliss-reactive ketones (excluding diaryl/α,β-unsaturated/α-hetero) is 2. The fraction of sp³-hybridized carbons (Fsp3) is 0.714. The number of ketones is 2. The quantitative estimate of drug-likeness (QED) is 0.586. The van der Waals surface area contributed by atoms with E-state index in [1.165, 1.54) is 4.90 Å². The summed E-state index contributed by atoms with van der Waals surface area (Å²) in [6.07, 6.45) is 0.750. The van der Waals surface area contributed by atoms with E-state index in [9.17, 15) is 24.3 Å². The first-order valence-electron chi connectivity index (χ1n) is 7.04. The molecule has 1 saturated carbocycles. The Morgan fingerprint density at radius 2 is 1.95 bits per heavy atom. The molecule has 1 aliphatic carbocycles. The highest BCUT2D eigenvalue weighted by atomic mass is 32.1. The van der Waals surface area contributed by atoms with E-state index in [2.05, 4.69) is 12.6 Å². The first-order chi connectivity index (χ1) is 9.83. The number of hydrogen-bond acceptors (Lipinski definition) is 5. The second kappa shape index (κ2) is 5.79. The molecule has 2 rings (SSSR count). The fourth-order valence-corrected chi connectivity index (χ4v) is 3.34. The van der Waals surface area contributed by atoms with Gasteiger partial charge >= 0.3 is 5.97 Å². The van der Waals surface area contributed by atoms with E-state index in [1.54, 1.807) is 6.92 Å². The largest absolute Gasteiger partial charge is 0.480 e. The van der Waals surface area contributed by atoms with Gasteiger partial charge < -0.3 is 10.0 Å². The van der Waals surface area contributed by atoms with Gasteiger partial charge in [0.05, 0.1) is 0 Å². The maximum atomic E-state index is 12.4. The summed E-state index contributed by atoms with van der Waals surface area (Å²) in [6.45, 7) is 1.56. The van der Waals surface area contributed by atoms with Crippen LogP contribution in [-0.2, 0) is 19.2 Å². The molecule has 0 aromatic heterocycles. The predicted octanol–water partition coefficient (Wildman–Crippen LogP) is 0.546. The average molecular weight is 313 g/mol. The molecular weight excluding hydrogens is 294 g/mol. The van der Waals surface area contributed by atoms with E-state index < -0.39 is 23.3 Å². The topological polar surface area (TPSA) is 91.8 Å². The Morgan fingerprint density at radius 3 is 2.43 bits per heavy atom. The van der Waals surface area contributed by atoms with Gasteiger partial charge in [-0.25, -0.2) is 4.79 Å². The fourth-order valence-electron chi connectivity index (χ4n) is 3.18. The molecule has 2 fully saturated rings. The van der Waals surface area contributed by atoms with Crippen LogP contribution in [0.25, 0.3) is 0 Å². The Hall–Kier alpha value is -1.37. The average Bonchev–Trinajstić information content (AvgIpc) is 2.73. The molecule has 1 aliphatic heterocycles. The third-order valence-corrected chi connectivity index (χ3v) is 5.12. The molecule has 0 bridgehead atoms. The first kappa shape index (κ1) is 16.0. The Bertz CT molecular complexity index is 488. The van der Waals surface area contributed by atoms with Crippen LogP contribution in [0.1, 0.15) is 32.6 Å². The summed E-state index contributed by atoms with van der Waals surface area (Å²) in [6, 6.07) is -0.966. The van der Waals surface area contributed by atoms with E-state index >= 15 is 0 Å². The van der Waals surface area contributed by atoms with Crippen molar-refractivity contribution in [2.45, 2.75) is 38.6 Å².